The number of aryl methyl sites for hydroxylation is 1. The summed E-state index contributed by atoms with van der Waals surface area (Å²) in [5.41, 5.74) is 0.428. The van der Waals surface area contributed by atoms with Gasteiger partial charge in [0.1, 0.15) is 4.88 Å². The molecule has 7 nitrogen and oxygen atoms in total. The van der Waals surface area contributed by atoms with Gasteiger partial charge in [-0.15, -0.1) is 11.3 Å². The number of carboxylic acid groups (broad SMARTS) is 1. The van der Waals surface area contributed by atoms with Gasteiger partial charge in [0.2, 0.25) is 5.91 Å². The molecule has 1 aromatic rings. The van der Waals surface area contributed by atoms with Gasteiger partial charge in [-0.1, -0.05) is 11.8 Å². The highest BCUT2D eigenvalue weighted by Gasteiger charge is 2.24. The molecule has 0 aromatic carbocycles. The lowest BCUT2D eigenvalue weighted by Crippen LogP contribution is -2.41. The fourth-order valence-electron chi connectivity index (χ4n) is 1.37. The molecule has 0 unspecified atom stereocenters. The Labute approximate surface area is 123 Å². The zero-order valence-corrected chi connectivity index (χ0v) is 12.3. The van der Waals surface area contributed by atoms with Gasteiger partial charge in [-0.25, -0.2) is 14.6 Å². The Bertz CT molecular complexity index is 554. The van der Waals surface area contributed by atoms with Crippen LogP contribution < -0.4 is 10.6 Å². The Hall–Kier alpha value is -1.61. The number of aromatic carboxylic acids is 1. The first-order valence-electron chi connectivity index (χ1n) is 5.89. The van der Waals surface area contributed by atoms with Crippen molar-refractivity contribution in [3.8, 4) is 0 Å². The SMILES string of the molecule is Cc1nc(SCC(=O)NC(=O)NC2CC2)sc1C(=O)O. The molecule has 0 atom stereocenters. The molecule has 3 amide bonds. The fourth-order valence-corrected chi connectivity index (χ4v) is 3.20. The molecule has 9 heteroatoms. The standard InChI is InChI=1S/C11H13N3O4S2/c1-5-8(9(16)17)20-11(12-5)19-4-7(15)14-10(18)13-6-2-3-6/h6H,2-4H2,1H3,(H,16,17)(H2,13,14,15,18). The van der Waals surface area contributed by atoms with Crippen LogP contribution in [-0.4, -0.2) is 39.8 Å². The number of nitrogens with one attached hydrogen (secondary N) is 2. The van der Waals surface area contributed by atoms with Crippen LogP contribution in [0.3, 0.4) is 0 Å². The Balaban J connectivity index is 1.79. The number of aromatic nitrogens is 1. The topological polar surface area (TPSA) is 108 Å². The lowest BCUT2D eigenvalue weighted by atomic mass is 10.4. The van der Waals surface area contributed by atoms with Gasteiger partial charge in [0.05, 0.1) is 11.4 Å². The number of carboxylic acids is 1. The molecule has 1 aliphatic rings. The van der Waals surface area contributed by atoms with Crippen molar-refractivity contribution in [2.24, 2.45) is 0 Å². The third-order valence-electron chi connectivity index (χ3n) is 2.46. The van der Waals surface area contributed by atoms with Gasteiger partial charge < -0.3 is 10.4 Å². The number of hydrogen-bond acceptors (Lipinski definition) is 6. The zero-order chi connectivity index (χ0) is 14.7. The number of nitrogens with zero attached hydrogens (tertiary/aromatic N) is 1. The van der Waals surface area contributed by atoms with Crippen LogP contribution in [0.5, 0.6) is 0 Å². The Morgan fingerprint density at radius 3 is 2.70 bits per heavy atom. The number of imide groups is 1. The summed E-state index contributed by atoms with van der Waals surface area (Å²) in [6.45, 7) is 1.60. The van der Waals surface area contributed by atoms with Crippen molar-refractivity contribution in [1.29, 1.82) is 0 Å². The molecule has 0 spiro atoms. The zero-order valence-electron chi connectivity index (χ0n) is 10.6. The van der Waals surface area contributed by atoms with Crippen LogP contribution in [-0.2, 0) is 4.79 Å². The second kappa shape index (κ2) is 6.23. The normalized spacial score (nSPS) is 13.8. The van der Waals surface area contributed by atoms with E-state index in [2.05, 4.69) is 15.6 Å². The second-order valence-corrected chi connectivity index (χ2v) is 6.51. The molecular formula is C11H13N3O4S2. The third-order valence-corrected chi connectivity index (χ3v) is 4.75. The first kappa shape index (κ1) is 14.8. The monoisotopic (exact) mass is 315 g/mol. The van der Waals surface area contributed by atoms with Gasteiger partial charge in [-0.3, -0.25) is 10.1 Å². The van der Waals surface area contributed by atoms with Crippen molar-refractivity contribution in [2.75, 3.05) is 5.75 Å². The Kier molecular flexibility index (Phi) is 4.61. The molecule has 0 bridgehead atoms. The minimum Gasteiger partial charge on any atom is -0.477 e. The molecule has 0 radical (unpaired) electrons. The molecule has 1 heterocycles. The van der Waals surface area contributed by atoms with Crippen LogP contribution >= 0.6 is 23.1 Å². The number of hydrogen-bond donors (Lipinski definition) is 3. The molecule has 1 aliphatic carbocycles. The first-order chi connectivity index (χ1) is 9.45. The molecule has 1 fully saturated rings. The van der Waals surface area contributed by atoms with Gasteiger partial charge in [-0.2, -0.15) is 0 Å². The van der Waals surface area contributed by atoms with Crippen LogP contribution in [0.25, 0.3) is 0 Å². The van der Waals surface area contributed by atoms with Crippen LogP contribution in [0.2, 0.25) is 0 Å². The molecular weight excluding hydrogens is 302 g/mol. The summed E-state index contributed by atoms with van der Waals surface area (Å²) < 4.78 is 0.498. The average Bonchev–Trinajstić information content (AvgIpc) is 3.07. The predicted octanol–water partition coefficient (Wildman–Crippen LogP) is 1.23. The third kappa shape index (κ3) is 4.20. The fraction of sp³-hybridized carbons (Fsp3) is 0.455. The van der Waals surface area contributed by atoms with Crippen molar-refractivity contribution in [2.45, 2.75) is 30.1 Å². The predicted molar refractivity (Wildman–Crippen MR) is 74.2 cm³/mol. The van der Waals surface area contributed by atoms with Crippen molar-refractivity contribution >= 4 is 41.0 Å². The number of carbonyl (C=O) groups is 3. The molecule has 20 heavy (non-hydrogen) atoms. The number of thiazole rings is 1. The van der Waals surface area contributed by atoms with Crippen LogP contribution in [0.4, 0.5) is 4.79 Å². The van der Waals surface area contributed by atoms with Crippen LogP contribution in [0.1, 0.15) is 28.2 Å². The van der Waals surface area contributed by atoms with Gasteiger partial charge in [0.15, 0.2) is 4.34 Å². The van der Waals surface area contributed by atoms with E-state index in [0.29, 0.717) is 10.0 Å². The van der Waals surface area contributed by atoms with Gasteiger partial charge in [0, 0.05) is 6.04 Å². The summed E-state index contributed by atoms with van der Waals surface area (Å²) in [6.07, 6.45) is 1.90. The summed E-state index contributed by atoms with van der Waals surface area (Å²) in [5, 5.41) is 13.8. The van der Waals surface area contributed by atoms with E-state index in [4.69, 9.17) is 5.11 Å². The molecule has 0 saturated heterocycles. The summed E-state index contributed by atoms with van der Waals surface area (Å²) in [7, 11) is 0. The lowest BCUT2D eigenvalue weighted by molar-refractivity contribution is -0.117. The summed E-state index contributed by atoms with van der Waals surface area (Å²) in [6, 6.07) is -0.296. The second-order valence-electron chi connectivity index (χ2n) is 4.28. The van der Waals surface area contributed by atoms with Crippen LogP contribution in [0.15, 0.2) is 4.34 Å². The smallest absolute Gasteiger partial charge is 0.347 e. The number of amides is 3. The minimum atomic E-state index is -1.03. The largest absolute Gasteiger partial charge is 0.477 e. The maximum absolute atomic E-state index is 11.5. The van der Waals surface area contributed by atoms with Crippen molar-refractivity contribution in [1.82, 2.24) is 15.6 Å². The van der Waals surface area contributed by atoms with E-state index in [1.54, 1.807) is 6.92 Å². The van der Waals surface area contributed by atoms with E-state index in [-0.39, 0.29) is 16.7 Å². The van der Waals surface area contributed by atoms with E-state index < -0.39 is 17.9 Å². The summed E-state index contributed by atoms with van der Waals surface area (Å²) >= 11 is 2.13. The van der Waals surface area contributed by atoms with Crippen LogP contribution in [0, 0.1) is 6.92 Å². The first-order valence-corrected chi connectivity index (χ1v) is 7.70. The molecule has 0 aliphatic heterocycles. The maximum Gasteiger partial charge on any atom is 0.347 e. The highest BCUT2D eigenvalue weighted by Crippen LogP contribution is 2.26. The van der Waals surface area contributed by atoms with E-state index >= 15 is 0 Å². The van der Waals surface area contributed by atoms with E-state index in [1.807, 2.05) is 0 Å². The number of thioether (sulfide) groups is 1. The van der Waals surface area contributed by atoms with E-state index in [9.17, 15) is 14.4 Å². The highest BCUT2D eigenvalue weighted by molar-refractivity contribution is 8.01. The molecule has 2 rings (SSSR count). The lowest BCUT2D eigenvalue weighted by Gasteiger charge is -2.04. The maximum atomic E-state index is 11.5. The van der Waals surface area contributed by atoms with Crippen molar-refractivity contribution in [3.63, 3.8) is 0 Å². The average molecular weight is 315 g/mol. The van der Waals surface area contributed by atoms with Crippen molar-refractivity contribution in [3.05, 3.63) is 10.6 Å². The minimum absolute atomic E-state index is 0.0180. The molecule has 3 N–H and O–H groups in total. The van der Waals surface area contributed by atoms with Gasteiger partial charge in [-0.05, 0) is 19.8 Å². The Morgan fingerprint density at radius 2 is 2.15 bits per heavy atom. The molecule has 108 valence electrons. The van der Waals surface area contributed by atoms with E-state index in [1.165, 1.54) is 0 Å². The van der Waals surface area contributed by atoms with Gasteiger partial charge >= 0.3 is 12.0 Å². The molecule has 1 saturated carbocycles. The van der Waals surface area contributed by atoms with E-state index in [0.717, 1.165) is 35.9 Å². The summed E-state index contributed by atoms with van der Waals surface area (Å²) in [5.74, 6) is -1.44. The van der Waals surface area contributed by atoms with Gasteiger partial charge in [0.25, 0.3) is 0 Å². The number of carbonyl (C=O) groups excluding carboxylic acids is 2. The van der Waals surface area contributed by atoms with Crippen molar-refractivity contribution < 1.29 is 19.5 Å². The number of urea groups is 1. The molecule has 1 aromatic heterocycles. The Morgan fingerprint density at radius 1 is 1.45 bits per heavy atom. The summed E-state index contributed by atoms with van der Waals surface area (Å²) in [4.78, 5) is 37.9. The number of rotatable bonds is 5. The quantitative estimate of drug-likeness (QED) is 0.705. The highest BCUT2D eigenvalue weighted by atomic mass is 32.2.